The molecule has 1 aromatic heterocycles. The number of rotatable bonds is 3. The molecule has 0 aliphatic rings. The van der Waals surface area contributed by atoms with Crippen molar-refractivity contribution in [3.63, 3.8) is 0 Å². The number of amides is 1. The molecule has 64 valence electrons. The third-order valence-corrected chi connectivity index (χ3v) is 1.35. The molecular formula is C8H11N3O. The molecule has 0 radical (unpaired) electrons. The number of carbonyl (C=O) groups excluding carboxylic acids is 1. The van der Waals surface area contributed by atoms with Gasteiger partial charge in [-0.1, -0.05) is 6.08 Å². The van der Waals surface area contributed by atoms with Crippen LogP contribution in [0.25, 0.3) is 0 Å². The van der Waals surface area contributed by atoms with Crippen LogP contribution in [0.3, 0.4) is 0 Å². The first-order chi connectivity index (χ1) is 5.74. The molecule has 1 N–H and O–H groups in total. The molecule has 4 nitrogen and oxygen atoms in total. The quantitative estimate of drug-likeness (QED) is 0.656. The van der Waals surface area contributed by atoms with Crippen molar-refractivity contribution in [3.8, 4) is 0 Å². The van der Waals surface area contributed by atoms with Gasteiger partial charge >= 0.3 is 0 Å². The van der Waals surface area contributed by atoms with E-state index in [-0.39, 0.29) is 5.91 Å². The van der Waals surface area contributed by atoms with Gasteiger partial charge in [-0.05, 0) is 6.07 Å². The van der Waals surface area contributed by atoms with E-state index in [1.807, 2.05) is 0 Å². The summed E-state index contributed by atoms with van der Waals surface area (Å²) < 4.78 is 1.59. The Hall–Kier alpha value is -1.58. The SMILES string of the molecule is C=CCNC(=O)c1ccn(C)n1. The molecule has 1 rings (SSSR count). The largest absolute Gasteiger partial charge is 0.347 e. The third-order valence-electron chi connectivity index (χ3n) is 1.35. The molecule has 1 heterocycles. The summed E-state index contributed by atoms with van der Waals surface area (Å²) >= 11 is 0. The van der Waals surface area contributed by atoms with Gasteiger partial charge in [0.05, 0.1) is 0 Å². The first-order valence-corrected chi connectivity index (χ1v) is 3.63. The second-order valence-corrected chi connectivity index (χ2v) is 2.37. The summed E-state index contributed by atoms with van der Waals surface area (Å²) in [5, 5.41) is 6.56. The van der Waals surface area contributed by atoms with Gasteiger partial charge < -0.3 is 5.32 Å². The molecule has 0 aliphatic heterocycles. The van der Waals surface area contributed by atoms with Crippen LogP contribution in [0.4, 0.5) is 0 Å². The number of nitrogens with one attached hydrogen (secondary N) is 1. The van der Waals surface area contributed by atoms with Gasteiger partial charge in [0.1, 0.15) is 5.69 Å². The average molecular weight is 165 g/mol. The monoisotopic (exact) mass is 165 g/mol. The zero-order chi connectivity index (χ0) is 8.97. The molecule has 0 aromatic carbocycles. The molecule has 0 fully saturated rings. The normalized spacial score (nSPS) is 9.42. The highest BCUT2D eigenvalue weighted by atomic mass is 16.1. The van der Waals surface area contributed by atoms with E-state index in [2.05, 4.69) is 17.0 Å². The predicted octanol–water partition coefficient (Wildman–Crippen LogP) is 0.336. The van der Waals surface area contributed by atoms with Crippen molar-refractivity contribution in [2.75, 3.05) is 6.54 Å². The molecular weight excluding hydrogens is 154 g/mol. The summed E-state index contributed by atoms with van der Waals surface area (Å²) in [7, 11) is 1.77. The Morgan fingerprint density at radius 2 is 2.67 bits per heavy atom. The topological polar surface area (TPSA) is 46.9 Å². The highest BCUT2D eigenvalue weighted by molar-refractivity contribution is 5.92. The summed E-state index contributed by atoms with van der Waals surface area (Å²) in [4.78, 5) is 11.2. The van der Waals surface area contributed by atoms with Crippen molar-refractivity contribution in [3.05, 3.63) is 30.6 Å². The minimum Gasteiger partial charge on any atom is -0.347 e. The van der Waals surface area contributed by atoms with Crippen LogP contribution in [-0.2, 0) is 7.05 Å². The summed E-state index contributed by atoms with van der Waals surface area (Å²) in [6.07, 6.45) is 3.35. The van der Waals surface area contributed by atoms with Gasteiger partial charge in [-0.25, -0.2) is 0 Å². The van der Waals surface area contributed by atoms with E-state index in [1.165, 1.54) is 0 Å². The Morgan fingerprint density at radius 3 is 3.17 bits per heavy atom. The van der Waals surface area contributed by atoms with Gasteiger partial charge in [0.2, 0.25) is 0 Å². The van der Waals surface area contributed by atoms with E-state index in [0.717, 1.165) is 0 Å². The molecule has 1 amide bonds. The van der Waals surface area contributed by atoms with Crippen LogP contribution in [0.5, 0.6) is 0 Å². The van der Waals surface area contributed by atoms with E-state index in [1.54, 1.807) is 30.1 Å². The van der Waals surface area contributed by atoms with Crippen LogP contribution in [0.2, 0.25) is 0 Å². The van der Waals surface area contributed by atoms with Crippen molar-refractivity contribution < 1.29 is 4.79 Å². The lowest BCUT2D eigenvalue weighted by molar-refractivity contribution is 0.0952. The van der Waals surface area contributed by atoms with Gasteiger partial charge in [-0.15, -0.1) is 6.58 Å². The molecule has 1 aromatic rings. The number of aryl methyl sites for hydroxylation is 1. The minimum atomic E-state index is -0.171. The van der Waals surface area contributed by atoms with Gasteiger partial charge in [0, 0.05) is 19.8 Å². The van der Waals surface area contributed by atoms with Gasteiger partial charge in [0.15, 0.2) is 0 Å². The molecule has 0 atom stereocenters. The number of nitrogens with zero attached hydrogens (tertiary/aromatic N) is 2. The number of hydrogen-bond donors (Lipinski definition) is 1. The van der Waals surface area contributed by atoms with Crippen LogP contribution in [-0.4, -0.2) is 22.2 Å². The molecule has 0 spiro atoms. The molecule has 0 unspecified atom stereocenters. The standard InChI is InChI=1S/C8H11N3O/c1-3-5-9-8(12)7-4-6-11(2)10-7/h3-4,6H,1,5H2,2H3,(H,9,12). The fourth-order valence-electron chi connectivity index (χ4n) is 0.792. The fraction of sp³-hybridized carbons (Fsp3) is 0.250. The highest BCUT2D eigenvalue weighted by Gasteiger charge is 2.05. The first kappa shape index (κ1) is 8.52. The van der Waals surface area contributed by atoms with Crippen molar-refractivity contribution in [1.82, 2.24) is 15.1 Å². The van der Waals surface area contributed by atoms with Crippen molar-refractivity contribution >= 4 is 5.91 Å². The predicted molar refractivity (Wildman–Crippen MR) is 45.7 cm³/mol. The van der Waals surface area contributed by atoms with Gasteiger partial charge in [-0.2, -0.15) is 5.10 Å². The Bertz CT molecular complexity index is 290. The second kappa shape index (κ2) is 3.71. The van der Waals surface area contributed by atoms with E-state index in [9.17, 15) is 4.79 Å². The van der Waals surface area contributed by atoms with E-state index >= 15 is 0 Å². The molecule has 0 aliphatic carbocycles. The lowest BCUT2D eigenvalue weighted by Gasteiger charge is -1.96. The summed E-state index contributed by atoms with van der Waals surface area (Å²) in [6, 6.07) is 1.67. The summed E-state index contributed by atoms with van der Waals surface area (Å²) in [5.74, 6) is -0.171. The van der Waals surface area contributed by atoms with E-state index < -0.39 is 0 Å². The zero-order valence-electron chi connectivity index (χ0n) is 6.95. The van der Waals surface area contributed by atoms with Crippen LogP contribution >= 0.6 is 0 Å². The van der Waals surface area contributed by atoms with Crippen LogP contribution in [0, 0.1) is 0 Å². The van der Waals surface area contributed by atoms with Gasteiger partial charge in [0.25, 0.3) is 5.91 Å². The lowest BCUT2D eigenvalue weighted by atomic mass is 10.4. The van der Waals surface area contributed by atoms with Crippen LogP contribution < -0.4 is 5.32 Å². The van der Waals surface area contributed by atoms with E-state index in [0.29, 0.717) is 12.2 Å². The third kappa shape index (κ3) is 1.95. The van der Waals surface area contributed by atoms with Crippen LogP contribution in [0.1, 0.15) is 10.5 Å². The Labute approximate surface area is 70.9 Å². The number of hydrogen-bond acceptors (Lipinski definition) is 2. The summed E-state index contributed by atoms with van der Waals surface area (Å²) in [5.41, 5.74) is 0.430. The maximum absolute atomic E-state index is 11.2. The Morgan fingerprint density at radius 1 is 1.92 bits per heavy atom. The minimum absolute atomic E-state index is 0.171. The van der Waals surface area contributed by atoms with Gasteiger partial charge in [-0.3, -0.25) is 9.48 Å². The molecule has 12 heavy (non-hydrogen) atoms. The highest BCUT2D eigenvalue weighted by Crippen LogP contribution is 1.92. The zero-order valence-corrected chi connectivity index (χ0v) is 6.95. The Kier molecular flexibility index (Phi) is 2.63. The van der Waals surface area contributed by atoms with E-state index in [4.69, 9.17) is 0 Å². The maximum atomic E-state index is 11.2. The van der Waals surface area contributed by atoms with Crippen molar-refractivity contribution in [1.29, 1.82) is 0 Å². The fourth-order valence-corrected chi connectivity index (χ4v) is 0.792. The van der Waals surface area contributed by atoms with Crippen LogP contribution in [0.15, 0.2) is 24.9 Å². The summed E-state index contributed by atoms with van der Waals surface area (Å²) in [6.45, 7) is 3.96. The second-order valence-electron chi connectivity index (χ2n) is 2.37. The molecule has 4 heteroatoms. The van der Waals surface area contributed by atoms with Crippen molar-refractivity contribution in [2.24, 2.45) is 7.05 Å². The smallest absolute Gasteiger partial charge is 0.272 e. The lowest BCUT2D eigenvalue weighted by Crippen LogP contribution is -2.23. The Balaban J connectivity index is 2.59. The number of carbonyl (C=O) groups is 1. The number of aromatic nitrogens is 2. The first-order valence-electron chi connectivity index (χ1n) is 3.63. The average Bonchev–Trinajstić information content (AvgIpc) is 2.47. The molecule has 0 saturated heterocycles. The molecule has 0 saturated carbocycles. The van der Waals surface area contributed by atoms with Crippen molar-refractivity contribution in [2.45, 2.75) is 0 Å². The molecule has 0 bridgehead atoms. The maximum Gasteiger partial charge on any atom is 0.272 e.